The number of nitrogens with two attached hydrogens (primary N) is 1. The van der Waals surface area contributed by atoms with E-state index in [9.17, 15) is 18.5 Å². The molecule has 112 valence electrons. The first kappa shape index (κ1) is 16.8. The molecule has 9 heteroatoms. The lowest BCUT2D eigenvalue weighted by molar-refractivity contribution is -0.387. The number of nitrogens with zero attached hydrogens (tertiary/aromatic N) is 1. The van der Waals surface area contributed by atoms with Gasteiger partial charge < -0.3 is 5.73 Å². The lowest BCUT2D eigenvalue weighted by Gasteiger charge is -2.16. The van der Waals surface area contributed by atoms with Crippen LogP contribution in [0.1, 0.15) is 19.8 Å². The normalized spacial score (nSPS) is 13.2. The van der Waals surface area contributed by atoms with Crippen LogP contribution in [0.3, 0.4) is 0 Å². The molecule has 0 saturated carbocycles. The van der Waals surface area contributed by atoms with E-state index in [1.54, 1.807) is 0 Å². The van der Waals surface area contributed by atoms with E-state index in [0.29, 0.717) is 6.42 Å². The fourth-order valence-corrected chi connectivity index (χ4v) is 3.32. The summed E-state index contributed by atoms with van der Waals surface area (Å²) in [7, 11) is -4.02. The Labute approximate surface area is 122 Å². The monoisotopic (exact) mass is 321 g/mol. The van der Waals surface area contributed by atoms with Crippen molar-refractivity contribution >= 4 is 27.3 Å². The van der Waals surface area contributed by atoms with Crippen LogP contribution in [0, 0.1) is 10.1 Å². The van der Waals surface area contributed by atoms with Crippen LogP contribution in [-0.2, 0) is 10.0 Å². The van der Waals surface area contributed by atoms with Crippen molar-refractivity contribution in [1.29, 1.82) is 0 Å². The Bertz CT molecular complexity index is 591. The largest absolute Gasteiger partial charge is 0.329 e. The molecule has 1 aromatic rings. The molecule has 0 amide bonds. The minimum atomic E-state index is -4.02. The van der Waals surface area contributed by atoms with E-state index in [-0.39, 0.29) is 11.6 Å². The number of rotatable bonds is 7. The summed E-state index contributed by atoms with van der Waals surface area (Å²) in [5, 5.41) is 11.0. The molecule has 0 heterocycles. The second kappa shape index (κ2) is 6.98. The Hall–Kier alpha value is -1.22. The minimum Gasteiger partial charge on any atom is -0.329 e. The molecule has 0 bridgehead atoms. The first-order valence-electron chi connectivity index (χ1n) is 5.98. The van der Waals surface area contributed by atoms with E-state index < -0.39 is 31.6 Å². The number of nitro groups is 1. The van der Waals surface area contributed by atoms with Crippen molar-refractivity contribution in [2.24, 2.45) is 5.73 Å². The third-order valence-corrected chi connectivity index (χ3v) is 4.45. The molecule has 1 atom stereocenters. The van der Waals surface area contributed by atoms with Gasteiger partial charge in [-0.05, 0) is 18.6 Å². The van der Waals surface area contributed by atoms with E-state index in [1.807, 2.05) is 6.92 Å². The maximum atomic E-state index is 12.2. The summed E-state index contributed by atoms with van der Waals surface area (Å²) in [6.45, 7) is 2.01. The van der Waals surface area contributed by atoms with Crippen molar-refractivity contribution in [2.75, 3.05) is 6.54 Å². The molecule has 0 fully saturated rings. The van der Waals surface area contributed by atoms with Crippen LogP contribution >= 0.6 is 11.6 Å². The number of nitrogens with one attached hydrogen (secondary N) is 1. The summed E-state index contributed by atoms with van der Waals surface area (Å²) >= 11 is 5.65. The average Bonchev–Trinajstić information content (AvgIpc) is 2.37. The number of sulfonamides is 1. The van der Waals surface area contributed by atoms with Crippen molar-refractivity contribution in [3.8, 4) is 0 Å². The fraction of sp³-hybridized carbons (Fsp3) is 0.455. The molecular weight excluding hydrogens is 306 g/mol. The third-order valence-electron chi connectivity index (χ3n) is 2.65. The van der Waals surface area contributed by atoms with Gasteiger partial charge >= 0.3 is 0 Å². The van der Waals surface area contributed by atoms with Crippen molar-refractivity contribution < 1.29 is 13.3 Å². The van der Waals surface area contributed by atoms with E-state index in [0.717, 1.165) is 18.6 Å². The van der Waals surface area contributed by atoms with Crippen molar-refractivity contribution in [3.05, 3.63) is 33.3 Å². The van der Waals surface area contributed by atoms with Crippen LogP contribution in [0.15, 0.2) is 23.1 Å². The molecule has 0 aromatic heterocycles. The van der Waals surface area contributed by atoms with Gasteiger partial charge in [0.05, 0.1) is 4.92 Å². The molecule has 0 spiro atoms. The molecule has 0 aliphatic heterocycles. The molecule has 3 N–H and O–H groups in total. The maximum absolute atomic E-state index is 12.2. The Morgan fingerprint density at radius 3 is 2.65 bits per heavy atom. The Morgan fingerprint density at radius 2 is 2.15 bits per heavy atom. The molecule has 1 unspecified atom stereocenters. The summed E-state index contributed by atoms with van der Waals surface area (Å²) in [6, 6.07) is 2.95. The Kier molecular flexibility index (Phi) is 5.88. The average molecular weight is 322 g/mol. The molecular formula is C11H16ClN3O4S. The number of hydrogen-bond acceptors (Lipinski definition) is 5. The highest BCUT2D eigenvalue weighted by Gasteiger charge is 2.27. The van der Waals surface area contributed by atoms with Gasteiger partial charge in [0, 0.05) is 23.7 Å². The molecule has 20 heavy (non-hydrogen) atoms. The van der Waals surface area contributed by atoms with Crippen LogP contribution in [0.4, 0.5) is 5.69 Å². The highest BCUT2D eigenvalue weighted by molar-refractivity contribution is 7.89. The highest BCUT2D eigenvalue weighted by Crippen LogP contribution is 2.27. The van der Waals surface area contributed by atoms with Crippen LogP contribution in [-0.4, -0.2) is 25.9 Å². The standard InChI is InChI=1S/C11H16ClN3O4S/c1-2-3-9(7-13)14-20(18,19)11-5-4-8(12)6-10(11)15(16)17/h4-6,9,14H,2-3,7,13H2,1H3. The number of hydrogen-bond donors (Lipinski definition) is 2. The van der Waals surface area contributed by atoms with Gasteiger partial charge in [-0.15, -0.1) is 0 Å². The third kappa shape index (κ3) is 4.14. The summed E-state index contributed by atoms with van der Waals surface area (Å²) in [5.74, 6) is 0. The van der Waals surface area contributed by atoms with Gasteiger partial charge in [-0.3, -0.25) is 10.1 Å². The van der Waals surface area contributed by atoms with Gasteiger partial charge in [-0.25, -0.2) is 13.1 Å². The second-order valence-corrected chi connectivity index (χ2v) is 6.33. The zero-order valence-corrected chi connectivity index (χ0v) is 12.4. The number of nitro benzene ring substituents is 1. The Balaban J connectivity index is 3.18. The summed E-state index contributed by atoms with van der Waals surface area (Å²) in [6.07, 6.45) is 1.30. The van der Waals surface area contributed by atoms with E-state index in [2.05, 4.69) is 4.72 Å². The molecule has 1 rings (SSSR count). The number of halogens is 1. The van der Waals surface area contributed by atoms with Gasteiger partial charge in [0.2, 0.25) is 10.0 Å². The smallest absolute Gasteiger partial charge is 0.290 e. The predicted octanol–water partition coefficient (Wildman–Crippen LogP) is 1.65. The highest BCUT2D eigenvalue weighted by atomic mass is 35.5. The Morgan fingerprint density at radius 1 is 1.50 bits per heavy atom. The summed E-state index contributed by atoms with van der Waals surface area (Å²) in [5.41, 5.74) is 4.93. The molecule has 1 aromatic carbocycles. The lowest BCUT2D eigenvalue weighted by atomic mass is 10.2. The zero-order chi connectivity index (χ0) is 15.3. The van der Waals surface area contributed by atoms with Gasteiger partial charge in [-0.1, -0.05) is 24.9 Å². The quantitative estimate of drug-likeness (QED) is 0.585. The van der Waals surface area contributed by atoms with E-state index in [4.69, 9.17) is 17.3 Å². The molecule has 0 aliphatic rings. The van der Waals surface area contributed by atoms with Crippen LogP contribution < -0.4 is 10.5 Å². The van der Waals surface area contributed by atoms with Crippen molar-refractivity contribution in [2.45, 2.75) is 30.7 Å². The van der Waals surface area contributed by atoms with Gasteiger partial charge in [0.25, 0.3) is 5.69 Å². The van der Waals surface area contributed by atoms with Crippen LogP contribution in [0.5, 0.6) is 0 Å². The fourth-order valence-electron chi connectivity index (χ4n) is 1.72. The van der Waals surface area contributed by atoms with Crippen LogP contribution in [0.2, 0.25) is 5.02 Å². The maximum Gasteiger partial charge on any atom is 0.290 e. The molecule has 0 radical (unpaired) electrons. The lowest BCUT2D eigenvalue weighted by Crippen LogP contribution is -2.40. The number of benzene rings is 1. The molecule has 0 saturated heterocycles. The zero-order valence-electron chi connectivity index (χ0n) is 10.9. The summed E-state index contributed by atoms with van der Waals surface area (Å²) < 4.78 is 26.8. The SMILES string of the molecule is CCCC(CN)NS(=O)(=O)c1ccc(Cl)cc1[N+](=O)[O-]. The second-order valence-electron chi connectivity index (χ2n) is 4.21. The summed E-state index contributed by atoms with van der Waals surface area (Å²) in [4.78, 5) is 9.74. The van der Waals surface area contributed by atoms with Gasteiger partial charge in [-0.2, -0.15) is 0 Å². The van der Waals surface area contributed by atoms with Gasteiger partial charge in [0.15, 0.2) is 4.90 Å². The predicted molar refractivity (Wildman–Crippen MR) is 76.2 cm³/mol. The molecule has 0 aliphatic carbocycles. The van der Waals surface area contributed by atoms with Crippen molar-refractivity contribution in [3.63, 3.8) is 0 Å². The minimum absolute atomic E-state index is 0.0968. The first-order chi connectivity index (χ1) is 9.31. The van der Waals surface area contributed by atoms with E-state index >= 15 is 0 Å². The van der Waals surface area contributed by atoms with Crippen molar-refractivity contribution in [1.82, 2.24) is 4.72 Å². The van der Waals surface area contributed by atoms with Crippen LogP contribution in [0.25, 0.3) is 0 Å². The first-order valence-corrected chi connectivity index (χ1v) is 7.84. The van der Waals surface area contributed by atoms with E-state index in [1.165, 1.54) is 6.07 Å². The van der Waals surface area contributed by atoms with Gasteiger partial charge in [0.1, 0.15) is 0 Å². The topological polar surface area (TPSA) is 115 Å². The molecule has 7 nitrogen and oxygen atoms in total.